The predicted octanol–water partition coefficient (Wildman–Crippen LogP) is 2.22. The first-order valence-electron chi connectivity index (χ1n) is 6.24. The molecule has 0 atom stereocenters. The monoisotopic (exact) mass is 294 g/mol. The number of aromatic amines is 1. The quantitative estimate of drug-likeness (QED) is 0.752. The van der Waals surface area contributed by atoms with Crippen LogP contribution in [-0.4, -0.2) is 18.6 Å². The van der Waals surface area contributed by atoms with Gasteiger partial charge in [-0.05, 0) is 24.5 Å². The molecule has 0 unspecified atom stereocenters. The van der Waals surface area contributed by atoms with Crippen LogP contribution in [0.15, 0.2) is 29.2 Å². The number of sulfonamides is 1. The van der Waals surface area contributed by atoms with E-state index in [4.69, 9.17) is 5.73 Å². The summed E-state index contributed by atoms with van der Waals surface area (Å²) in [6.07, 6.45) is 0. The largest absolute Gasteiger partial charge is 0.398 e. The number of anilines is 2. The Balaban J connectivity index is 2.36. The van der Waals surface area contributed by atoms with E-state index in [0.29, 0.717) is 5.56 Å². The normalized spacial score (nSPS) is 11.8. The average molecular weight is 294 g/mol. The number of hydrogen-bond donors (Lipinski definition) is 3. The molecule has 0 spiro atoms. The van der Waals surface area contributed by atoms with E-state index in [1.807, 2.05) is 13.8 Å². The second kappa shape index (κ2) is 5.16. The molecule has 0 radical (unpaired) electrons. The van der Waals surface area contributed by atoms with E-state index in [0.717, 1.165) is 5.69 Å². The SMILES string of the molecule is Cc1cccc(N)c1S(=O)(=O)Nc1cc(C(C)C)[nH]n1. The molecule has 0 saturated heterocycles. The van der Waals surface area contributed by atoms with Gasteiger partial charge in [0.15, 0.2) is 5.82 Å². The van der Waals surface area contributed by atoms with Crippen molar-refractivity contribution in [2.24, 2.45) is 0 Å². The first-order chi connectivity index (χ1) is 9.31. The number of hydrogen-bond acceptors (Lipinski definition) is 4. The summed E-state index contributed by atoms with van der Waals surface area (Å²) in [7, 11) is -3.74. The van der Waals surface area contributed by atoms with Gasteiger partial charge in [-0.25, -0.2) is 8.42 Å². The predicted molar refractivity (Wildman–Crippen MR) is 79.1 cm³/mol. The van der Waals surface area contributed by atoms with Crippen molar-refractivity contribution >= 4 is 21.5 Å². The Kier molecular flexibility index (Phi) is 3.71. The van der Waals surface area contributed by atoms with E-state index >= 15 is 0 Å². The summed E-state index contributed by atoms with van der Waals surface area (Å²) in [5.41, 5.74) is 7.44. The molecule has 108 valence electrons. The molecule has 7 heteroatoms. The fourth-order valence-electron chi connectivity index (χ4n) is 1.92. The summed E-state index contributed by atoms with van der Waals surface area (Å²) in [6.45, 7) is 5.69. The van der Waals surface area contributed by atoms with E-state index in [1.165, 1.54) is 0 Å². The highest BCUT2D eigenvalue weighted by Gasteiger charge is 2.21. The Morgan fingerprint density at radius 3 is 2.60 bits per heavy atom. The summed E-state index contributed by atoms with van der Waals surface area (Å²) >= 11 is 0. The number of nitrogens with zero attached hydrogens (tertiary/aromatic N) is 1. The van der Waals surface area contributed by atoms with Crippen LogP contribution < -0.4 is 10.5 Å². The first-order valence-corrected chi connectivity index (χ1v) is 7.73. The molecule has 0 aliphatic heterocycles. The van der Waals surface area contributed by atoms with Gasteiger partial charge in [-0.15, -0.1) is 0 Å². The third-order valence-corrected chi connectivity index (χ3v) is 4.54. The van der Waals surface area contributed by atoms with E-state index in [1.54, 1.807) is 31.2 Å². The lowest BCUT2D eigenvalue weighted by atomic mass is 10.1. The van der Waals surface area contributed by atoms with Crippen LogP contribution in [0, 0.1) is 6.92 Å². The standard InChI is InChI=1S/C13H18N4O2S/c1-8(2)11-7-12(16-15-11)17-20(18,19)13-9(3)5-4-6-10(13)14/h4-8H,14H2,1-3H3,(H2,15,16,17). The lowest BCUT2D eigenvalue weighted by Crippen LogP contribution is -2.16. The fourth-order valence-corrected chi connectivity index (χ4v) is 3.27. The number of nitrogens with two attached hydrogens (primary N) is 1. The molecule has 0 bridgehead atoms. The number of aryl methyl sites for hydroxylation is 1. The van der Waals surface area contributed by atoms with Crippen molar-refractivity contribution in [3.63, 3.8) is 0 Å². The summed E-state index contributed by atoms with van der Waals surface area (Å²) in [5, 5.41) is 6.75. The Morgan fingerprint density at radius 1 is 1.35 bits per heavy atom. The Hall–Kier alpha value is -2.02. The lowest BCUT2D eigenvalue weighted by molar-refractivity contribution is 0.601. The van der Waals surface area contributed by atoms with Gasteiger partial charge < -0.3 is 5.73 Å². The molecule has 0 amide bonds. The molecule has 0 saturated carbocycles. The van der Waals surface area contributed by atoms with Crippen molar-refractivity contribution in [3.05, 3.63) is 35.5 Å². The molecule has 2 rings (SSSR count). The minimum Gasteiger partial charge on any atom is -0.398 e. The van der Waals surface area contributed by atoms with Gasteiger partial charge in [-0.2, -0.15) is 5.10 Å². The number of benzene rings is 1. The maximum absolute atomic E-state index is 12.4. The molecule has 6 nitrogen and oxygen atoms in total. The summed E-state index contributed by atoms with van der Waals surface area (Å²) in [4.78, 5) is 0.0918. The fraction of sp³-hybridized carbons (Fsp3) is 0.308. The van der Waals surface area contributed by atoms with Gasteiger partial charge in [0.1, 0.15) is 4.90 Å². The molecular formula is C13H18N4O2S. The van der Waals surface area contributed by atoms with Crippen LogP contribution in [0.3, 0.4) is 0 Å². The zero-order valence-corrected chi connectivity index (χ0v) is 12.5. The second-order valence-electron chi connectivity index (χ2n) is 4.96. The third kappa shape index (κ3) is 2.77. The van der Waals surface area contributed by atoms with Gasteiger partial charge in [-0.3, -0.25) is 9.82 Å². The Morgan fingerprint density at radius 2 is 2.05 bits per heavy atom. The summed E-state index contributed by atoms with van der Waals surface area (Å²) in [6, 6.07) is 6.66. The number of H-pyrrole nitrogens is 1. The van der Waals surface area contributed by atoms with E-state index in [2.05, 4.69) is 14.9 Å². The lowest BCUT2D eigenvalue weighted by Gasteiger charge is -2.10. The van der Waals surface area contributed by atoms with Gasteiger partial charge in [0.2, 0.25) is 0 Å². The van der Waals surface area contributed by atoms with Crippen molar-refractivity contribution < 1.29 is 8.42 Å². The smallest absolute Gasteiger partial charge is 0.265 e. The summed E-state index contributed by atoms with van der Waals surface area (Å²) < 4.78 is 27.2. The molecule has 2 aromatic rings. The van der Waals surface area contributed by atoms with E-state index < -0.39 is 10.0 Å². The van der Waals surface area contributed by atoms with Crippen LogP contribution in [0.2, 0.25) is 0 Å². The number of nitrogens with one attached hydrogen (secondary N) is 2. The van der Waals surface area contributed by atoms with Crippen LogP contribution in [0.1, 0.15) is 31.0 Å². The number of aromatic nitrogens is 2. The zero-order valence-electron chi connectivity index (χ0n) is 11.6. The topological polar surface area (TPSA) is 101 Å². The van der Waals surface area contributed by atoms with E-state index in [9.17, 15) is 8.42 Å². The Labute approximate surface area is 118 Å². The van der Waals surface area contributed by atoms with Crippen molar-refractivity contribution in [3.8, 4) is 0 Å². The molecule has 1 heterocycles. The van der Waals surface area contributed by atoms with Gasteiger partial charge in [-0.1, -0.05) is 26.0 Å². The van der Waals surface area contributed by atoms with Gasteiger partial charge in [0, 0.05) is 11.8 Å². The molecule has 20 heavy (non-hydrogen) atoms. The van der Waals surface area contributed by atoms with Gasteiger partial charge in [0.25, 0.3) is 10.0 Å². The highest BCUT2D eigenvalue weighted by Crippen LogP contribution is 2.25. The minimum atomic E-state index is -3.74. The molecular weight excluding hydrogens is 276 g/mol. The van der Waals surface area contributed by atoms with Crippen LogP contribution in [0.5, 0.6) is 0 Å². The second-order valence-corrected chi connectivity index (χ2v) is 6.58. The van der Waals surface area contributed by atoms with Crippen LogP contribution in [-0.2, 0) is 10.0 Å². The molecule has 0 aliphatic rings. The highest BCUT2D eigenvalue weighted by molar-refractivity contribution is 7.93. The highest BCUT2D eigenvalue weighted by atomic mass is 32.2. The number of nitrogen functional groups attached to an aromatic ring is 1. The molecule has 1 aromatic carbocycles. The minimum absolute atomic E-state index is 0.0918. The Bertz CT molecular complexity index is 699. The number of rotatable bonds is 4. The van der Waals surface area contributed by atoms with Crippen LogP contribution in [0.4, 0.5) is 11.5 Å². The third-order valence-electron chi connectivity index (χ3n) is 2.97. The van der Waals surface area contributed by atoms with Crippen molar-refractivity contribution in [2.75, 3.05) is 10.5 Å². The summed E-state index contributed by atoms with van der Waals surface area (Å²) in [5.74, 6) is 0.501. The maximum Gasteiger partial charge on any atom is 0.265 e. The zero-order chi connectivity index (χ0) is 14.9. The first kappa shape index (κ1) is 14.4. The van der Waals surface area contributed by atoms with Crippen molar-refractivity contribution in [1.29, 1.82) is 0 Å². The van der Waals surface area contributed by atoms with Gasteiger partial charge >= 0.3 is 0 Å². The van der Waals surface area contributed by atoms with Crippen LogP contribution >= 0.6 is 0 Å². The average Bonchev–Trinajstić information content (AvgIpc) is 2.76. The molecule has 0 aliphatic carbocycles. The molecule has 4 N–H and O–H groups in total. The van der Waals surface area contributed by atoms with Gasteiger partial charge in [0.05, 0.1) is 5.69 Å². The van der Waals surface area contributed by atoms with E-state index in [-0.39, 0.29) is 22.3 Å². The molecule has 0 fully saturated rings. The maximum atomic E-state index is 12.4. The van der Waals surface area contributed by atoms with Crippen LogP contribution in [0.25, 0.3) is 0 Å². The van der Waals surface area contributed by atoms with Crippen molar-refractivity contribution in [1.82, 2.24) is 10.2 Å². The van der Waals surface area contributed by atoms with Crippen molar-refractivity contribution in [2.45, 2.75) is 31.6 Å². The molecule has 1 aromatic heterocycles.